The Balaban J connectivity index is 1.41. The molecule has 0 aliphatic rings. The predicted octanol–water partition coefficient (Wildman–Crippen LogP) is 8.94. The number of pyridine rings is 1. The Bertz CT molecular complexity index is 1470. The van der Waals surface area contributed by atoms with E-state index in [-0.39, 0.29) is 35.5 Å². The molecular formula is C34H33F4NO2. The first kappa shape index (κ1) is 30.0. The average Bonchev–Trinajstić information content (AvgIpc) is 2.99. The normalized spacial score (nSPS) is 11.9. The van der Waals surface area contributed by atoms with Crippen molar-refractivity contribution in [2.75, 3.05) is 6.61 Å². The largest absolute Gasteiger partial charge is 0.490 e. The predicted molar refractivity (Wildman–Crippen MR) is 154 cm³/mol. The molecule has 3 nitrogen and oxygen atoms in total. The number of aliphatic hydroxyl groups excluding tert-OH is 1. The third-order valence-electron chi connectivity index (χ3n) is 6.97. The molecule has 4 rings (SSSR count). The highest BCUT2D eigenvalue weighted by Gasteiger charge is 2.18. The maximum absolute atomic E-state index is 15.0. The molecule has 0 spiro atoms. The number of aliphatic hydroxyl groups is 1. The van der Waals surface area contributed by atoms with Gasteiger partial charge in [-0.2, -0.15) is 4.39 Å². The number of allylic oxidation sites excluding steroid dienone is 1. The average molecular weight is 564 g/mol. The van der Waals surface area contributed by atoms with Crippen molar-refractivity contribution >= 4 is 0 Å². The number of aryl methyl sites for hydroxylation is 2. The molecule has 1 aromatic heterocycles. The first-order valence-corrected chi connectivity index (χ1v) is 13.8. The number of halogens is 4. The topological polar surface area (TPSA) is 42.4 Å². The van der Waals surface area contributed by atoms with Gasteiger partial charge in [0.1, 0.15) is 0 Å². The lowest BCUT2D eigenvalue weighted by atomic mass is 9.98. The third kappa shape index (κ3) is 7.22. The minimum atomic E-state index is -1.04. The van der Waals surface area contributed by atoms with Crippen molar-refractivity contribution in [3.63, 3.8) is 0 Å². The van der Waals surface area contributed by atoms with Crippen LogP contribution in [0.3, 0.4) is 0 Å². The number of ether oxygens (including phenoxy) is 1. The van der Waals surface area contributed by atoms with E-state index >= 15 is 0 Å². The van der Waals surface area contributed by atoms with Crippen LogP contribution in [0, 0.1) is 23.3 Å². The maximum atomic E-state index is 15.0. The zero-order chi connectivity index (χ0) is 29.4. The number of unbranched alkanes of at least 4 members (excludes halogenated alkanes) is 1. The molecule has 0 aliphatic carbocycles. The molecule has 1 atom stereocenters. The summed E-state index contributed by atoms with van der Waals surface area (Å²) in [6.07, 6.45) is 5.91. The van der Waals surface area contributed by atoms with Crippen molar-refractivity contribution in [2.45, 2.75) is 51.6 Å². The zero-order valence-corrected chi connectivity index (χ0v) is 23.0. The zero-order valence-electron chi connectivity index (χ0n) is 23.0. The second kappa shape index (κ2) is 14.1. The van der Waals surface area contributed by atoms with E-state index in [1.165, 1.54) is 24.4 Å². The molecule has 1 heterocycles. The summed E-state index contributed by atoms with van der Waals surface area (Å²) >= 11 is 0. The van der Waals surface area contributed by atoms with E-state index in [9.17, 15) is 22.7 Å². The van der Waals surface area contributed by atoms with Crippen LogP contribution in [0.5, 0.6) is 5.75 Å². The Labute approximate surface area is 238 Å². The standard InChI is InChI=1S/C34H33F4NO2/c1-3-5-6-20-41-30-19-17-26(33(37)34(30)38)23-11-8-22(9-12-23)10-13-24-14-16-27(32(36)31(24)35)25-15-18-28(39-21-25)29(40)7-4-2/h3,8-9,11-12,14-19,21,29,40H,1,4-7,10,13,20H2,2H3. The monoisotopic (exact) mass is 563 g/mol. The fraction of sp³-hybridized carbons (Fsp3) is 0.265. The fourth-order valence-electron chi connectivity index (χ4n) is 4.59. The second-order valence-corrected chi connectivity index (χ2v) is 9.89. The van der Waals surface area contributed by atoms with Gasteiger partial charge in [0.25, 0.3) is 0 Å². The molecule has 0 fully saturated rings. The van der Waals surface area contributed by atoms with E-state index in [2.05, 4.69) is 11.6 Å². The quantitative estimate of drug-likeness (QED) is 0.100. The van der Waals surface area contributed by atoms with Crippen molar-refractivity contribution < 1.29 is 27.4 Å². The lowest BCUT2D eigenvalue weighted by molar-refractivity contribution is 0.162. The lowest BCUT2D eigenvalue weighted by Gasteiger charge is -2.12. The summed E-state index contributed by atoms with van der Waals surface area (Å²) in [6, 6.07) is 16.1. The van der Waals surface area contributed by atoms with E-state index < -0.39 is 29.4 Å². The molecule has 1 unspecified atom stereocenters. The Morgan fingerprint density at radius 2 is 1.51 bits per heavy atom. The van der Waals surface area contributed by atoms with Gasteiger partial charge in [-0.15, -0.1) is 6.58 Å². The number of hydrogen-bond acceptors (Lipinski definition) is 3. The highest BCUT2D eigenvalue weighted by atomic mass is 19.2. The summed E-state index contributed by atoms with van der Waals surface area (Å²) in [4.78, 5) is 4.21. The molecule has 0 aliphatic heterocycles. The first-order valence-electron chi connectivity index (χ1n) is 13.8. The first-order chi connectivity index (χ1) is 19.8. The van der Waals surface area contributed by atoms with Crippen LogP contribution in [0.4, 0.5) is 17.6 Å². The summed E-state index contributed by atoms with van der Waals surface area (Å²) in [5.41, 5.74) is 2.69. The summed E-state index contributed by atoms with van der Waals surface area (Å²) in [6.45, 7) is 5.84. The van der Waals surface area contributed by atoms with Gasteiger partial charge >= 0.3 is 0 Å². The molecule has 7 heteroatoms. The second-order valence-electron chi connectivity index (χ2n) is 9.89. The molecule has 0 bridgehead atoms. The van der Waals surface area contributed by atoms with Gasteiger partial charge in [0.15, 0.2) is 23.2 Å². The number of hydrogen-bond donors (Lipinski definition) is 1. The van der Waals surface area contributed by atoms with E-state index in [0.717, 1.165) is 18.4 Å². The van der Waals surface area contributed by atoms with E-state index in [1.54, 1.807) is 48.5 Å². The SMILES string of the molecule is C=CCCCOc1ccc(-c2ccc(CCc3ccc(-c4ccc(C(O)CCC)nc4)c(F)c3F)cc2)c(F)c1F. The van der Waals surface area contributed by atoms with Crippen LogP contribution in [0.1, 0.15) is 55.5 Å². The van der Waals surface area contributed by atoms with Crippen molar-refractivity contribution in [2.24, 2.45) is 0 Å². The highest BCUT2D eigenvalue weighted by Crippen LogP contribution is 2.31. The van der Waals surface area contributed by atoms with Crippen molar-refractivity contribution in [3.05, 3.63) is 120 Å². The van der Waals surface area contributed by atoms with Gasteiger partial charge in [-0.05, 0) is 67.0 Å². The van der Waals surface area contributed by atoms with Crippen LogP contribution >= 0.6 is 0 Å². The van der Waals surface area contributed by atoms with Gasteiger partial charge in [-0.3, -0.25) is 4.98 Å². The number of aromatic nitrogens is 1. The third-order valence-corrected chi connectivity index (χ3v) is 6.97. The molecule has 0 radical (unpaired) electrons. The van der Waals surface area contributed by atoms with Crippen LogP contribution in [0.2, 0.25) is 0 Å². The summed E-state index contributed by atoms with van der Waals surface area (Å²) in [5, 5.41) is 10.1. The van der Waals surface area contributed by atoms with Crippen molar-refractivity contribution in [1.29, 1.82) is 0 Å². The van der Waals surface area contributed by atoms with Gasteiger partial charge in [-0.25, -0.2) is 13.2 Å². The van der Waals surface area contributed by atoms with E-state index in [4.69, 9.17) is 4.74 Å². The van der Waals surface area contributed by atoms with Gasteiger partial charge in [0.2, 0.25) is 5.82 Å². The summed E-state index contributed by atoms with van der Waals surface area (Å²) < 4.78 is 64.5. The van der Waals surface area contributed by atoms with Crippen molar-refractivity contribution in [3.8, 4) is 28.0 Å². The van der Waals surface area contributed by atoms with Crippen LogP contribution in [-0.4, -0.2) is 16.7 Å². The lowest BCUT2D eigenvalue weighted by Crippen LogP contribution is -2.02. The van der Waals surface area contributed by atoms with Gasteiger partial charge < -0.3 is 9.84 Å². The van der Waals surface area contributed by atoms with E-state index in [0.29, 0.717) is 36.1 Å². The Kier molecular flexibility index (Phi) is 10.3. The van der Waals surface area contributed by atoms with Gasteiger partial charge in [-0.1, -0.05) is 61.9 Å². The van der Waals surface area contributed by atoms with Crippen LogP contribution in [0.25, 0.3) is 22.3 Å². The minimum absolute atomic E-state index is 0.0991. The summed E-state index contributed by atoms with van der Waals surface area (Å²) in [7, 11) is 0. The van der Waals surface area contributed by atoms with Crippen LogP contribution in [0.15, 0.2) is 79.5 Å². The molecule has 0 saturated carbocycles. The Morgan fingerprint density at radius 1 is 0.829 bits per heavy atom. The molecule has 4 aromatic rings. The number of nitrogens with zero attached hydrogens (tertiary/aromatic N) is 1. The van der Waals surface area contributed by atoms with Gasteiger partial charge in [0.05, 0.1) is 18.4 Å². The molecule has 0 amide bonds. The molecule has 1 N–H and O–H groups in total. The molecule has 0 saturated heterocycles. The maximum Gasteiger partial charge on any atom is 0.201 e. The van der Waals surface area contributed by atoms with E-state index in [1.807, 2.05) is 6.92 Å². The van der Waals surface area contributed by atoms with Crippen LogP contribution in [-0.2, 0) is 12.8 Å². The smallest absolute Gasteiger partial charge is 0.201 e. The minimum Gasteiger partial charge on any atom is -0.490 e. The number of benzene rings is 3. The Hall–Kier alpha value is -3.97. The van der Waals surface area contributed by atoms with Crippen LogP contribution < -0.4 is 4.74 Å². The van der Waals surface area contributed by atoms with Crippen molar-refractivity contribution in [1.82, 2.24) is 4.98 Å². The fourth-order valence-corrected chi connectivity index (χ4v) is 4.59. The highest BCUT2D eigenvalue weighted by molar-refractivity contribution is 5.66. The Morgan fingerprint density at radius 3 is 2.20 bits per heavy atom. The number of rotatable bonds is 13. The van der Waals surface area contributed by atoms with Gasteiger partial charge in [0, 0.05) is 22.9 Å². The molecule has 41 heavy (non-hydrogen) atoms. The molecular weight excluding hydrogens is 530 g/mol. The summed E-state index contributed by atoms with van der Waals surface area (Å²) in [5.74, 6) is -4.03. The molecule has 3 aromatic carbocycles. The molecule has 214 valence electrons.